The molecule has 2 N–H and O–H groups in total. The molecule has 0 radical (unpaired) electrons. The van der Waals surface area contributed by atoms with Gasteiger partial charge in [-0.05, 0) is 30.2 Å². The van der Waals surface area contributed by atoms with E-state index in [9.17, 15) is 0 Å². The summed E-state index contributed by atoms with van der Waals surface area (Å²) >= 11 is 6.31. The summed E-state index contributed by atoms with van der Waals surface area (Å²) in [5.74, 6) is 1.66. The molecule has 31 heavy (non-hydrogen) atoms. The Morgan fingerprint density at radius 1 is 1.16 bits per heavy atom. The molecule has 0 bridgehead atoms. The summed E-state index contributed by atoms with van der Waals surface area (Å²) in [5, 5.41) is 7.72. The molecule has 2 aliphatic heterocycles. The third-order valence-corrected chi connectivity index (χ3v) is 5.88. The second kappa shape index (κ2) is 11.7. The van der Waals surface area contributed by atoms with Crippen LogP contribution in [0.25, 0.3) is 0 Å². The SMILES string of the molecule is CN=C(NCc1ccccc1N1CCOCC1)NC1CCN(c2ncccc2Cl)C1.I. The molecule has 2 fully saturated rings. The number of rotatable bonds is 5. The maximum absolute atomic E-state index is 6.31. The Balaban J connectivity index is 0.00000272. The molecule has 2 aliphatic rings. The first-order valence-electron chi connectivity index (χ1n) is 10.5. The highest BCUT2D eigenvalue weighted by molar-refractivity contribution is 14.0. The molecule has 0 aliphatic carbocycles. The van der Waals surface area contributed by atoms with Crippen LogP contribution in [0.3, 0.4) is 0 Å². The molecule has 3 heterocycles. The van der Waals surface area contributed by atoms with Gasteiger partial charge < -0.3 is 25.2 Å². The number of hydrogen-bond acceptors (Lipinski definition) is 5. The standard InChI is InChI=1S/C22H29ClN6O.HI/c1-24-22(27-18-8-10-29(16-18)21-19(23)6-4-9-25-21)26-15-17-5-2-3-7-20(17)28-11-13-30-14-12-28;/h2-7,9,18H,8,10-16H2,1H3,(H2,24,26,27);1H. The Morgan fingerprint density at radius 3 is 2.74 bits per heavy atom. The van der Waals surface area contributed by atoms with E-state index in [4.69, 9.17) is 16.3 Å². The van der Waals surface area contributed by atoms with Crippen LogP contribution < -0.4 is 20.4 Å². The van der Waals surface area contributed by atoms with Gasteiger partial charge in [0.25, 0.3) is 0 Å². The molecule has 0 amide bonds. The number of para-hydroxylation sites is 1. The number of guanidine groups is 1. The fourth-order valence-electron chi connectivity index (χ4n) is 4.02. The smallest absolute Gasteiger partial charge is 0.191 e. The average Bonchev–Trinajstić information content (AvgIpc) is 3.26. The molecule has 0 saturated carbocycles. The molecule has 1 aromatic heterocycles. The van der Waals surface area contributed by atoms with Crippen molar-refractivity contribution < 1.29 is 4.74 Å². The lowest BCUT2D eigenvalue weighted by Gasteiger charge is -2.30. The number of aromatic nitrogens is 1. The van der Waals surface area contributed by atoms with Crippen LogP contribution >= 0.6 is 35.6 Å². The van der Waals surface area contributed by atoms with Gasteiger partial charge in [-0.3, -0.25) is 4.99 Å². The monoisotopic (exact) mass is 556 g/mol. The van der Waals surface area contributed by atoms with Crippen molar-refractivity contribution in [3.8, 4) is 0 Å². The fraction of sp³-hybridized carbons (Fsp3) is 0.455. The van der Waals surface area contributed by atoms with E-state index >= 15 is 0 Å². The quantitative estimate of drug-likeness (QED) is 0.335. The van der Waals surface area contributed by atoms with Crippen LogP contribution in [-0.2, 0) is 11.3 Å². The molecule has 1 aromatic carbocycles. The summed E-state index contributed by atoms with van der Waals surface area (Å²) in [7, 11) is 1.81. The third kappa shape index (κ3) is 6.14. The minimum absolute atomic E-state index is 0. The number of pyridine rings is 1. The number of halogens is 2. The van der Waals surface area contributed by atoms with Crippen molar-refractivity contribution in [3.05, 3.63) is 53.2 Å². The Morgan fingerprint density at radius 2 is 1.97 bits per heavy atom. The van der Waals surface area contributed by atoms with E-state index in [1.54, 1.807) is 6.20 Å². The first-order chi connectivity index (χ1) is 14.7. The van der Waals surface area contributed by atoms with Crippen LogP contribution in [0.2, 0.25) is 5.02 Å². The number of nitrogens with zero attached hydrogens (tertiary/aromatic N) is 4. The summed E-state index contributed by atoms with van der Waals surface area (Å²) < 4.78 is 5.50. The highest BCUT2D eigenvalue weighted by Crippen LogP contribution is 2.26. The van der Waals surface area contributed by atoms with Gasteiger partial charge in [0.15, 0.2) is 5.96 Å². The molecular formula is C22H30ClIN6O. The maximum atomic E-state index is 6.31. The highest BCUT2D eigenvalue weighted by atomic mass is 127. The number of nitrogens with one attached hydrogen (secondary N) is 2. The van der Waals surface area contributed by atoms with Crippen molar-refractivity contribution in [2.24, 2.45) is 4.99 Å². The van der Waals surface area contributed by atoms with Crippen molar-refractivity contribution in [3.63, 3.8) is 0 Å². The Bertz CT molecular complexity index is 877. The zero-order valence-electron chi connectivity index (χ0n) is 17.8. The first-order valence-corrected chi connectivity index (χ1v) is 10.9. The van der Waals surface area contributed by atoms with Gasteiger partial charge >= 0.3 is 0 Å². The van der Waals surface area contributed by atoms with Gasteiger partial charge in [-0.1, -0.05) is 29.8 Å². The van der Waals surface area contributed by atoms with Crippen LogP contribution in [0.4, 0.5) is 11.5 Å². The van der Waals surface area contributed by atoms with E-state index < -0.39 is 0 Å². The second-order valence-electron chi connectivity index (χ2n) is 7.54. The molecule has 2 aromatic rings. The number of benzene rings is 1. The van der Waals surface area contributed by atoms with E-state index in [-0.39, 0.29) is 24.0 Å². The summed E-state index contributed by atoms with van der Waals surface area (Å²) in [5.41, 5.74) is 2.52. The Labute approximate surface area is 206 Å². The largest absolute Gasteiger partial charge is 0.378 e. The molecular weight excluding hydrogens is 527 g/mol. The number of aliphatic imine (C=N–C) groups is 1. The number of morpholine rings is 1. The summed E-state index contributed by atoms with van der Waals surface area (Å²) in [6.07, 6.45) is 2.80. The maximum Gasteiger partial charge on any atom is 0.191 e. The number of hydrogen-bond donors (Lipinski definition) is 2. The van der Waals surface area contributed by atoms with Gasteiger partial charge in [-0.25, -0.2) is 4.98 Å². The normalized spacial score (nSPS) is 19.2. The lowest BCUT2D eigenvalue weighted by Crippen LogP contribution is -2.44. The predicted molar refractivity (Wildman–Crippen MR) is 138 cm³/mol. The van der Waals surface area contributed by atoms with E-state index in [1.165, 1.54) is 11.3 Å². The van der Waals surface area contributed by atoms with Crippen LogP contribution in [0.15, 0.2) is 47.6 Å². The van der Waals surface area contributed by atoms with E-state index in [2.05, 4.69) is 54.7 Å². The highest BCUT2D eigenvalue weighted by Gasteiger charge is 2.25. The molecule has 1 atom stereocenters. The van der Waals surface area contributed by atoms with Crippen LogP contribution in [0.1, 0.15) is 12.0 Å². The van der Waals surface area contributed by atoms with E-state index in [1.807, 2.05) is 19.2 Å². The molecule has 9 heteroatoms. The Hall–Kier alpha value is -1.78. The minimum Gasteiger partial charge on any atom is -0.378 e. The van der Waals surface area contributed by atoms with Gasteiger partial charge in [-0.15, -0.1) is 24.0 Å². The van der Waals surface area contributed by atoms with Gasteiger partial charge in [0, 0.05) is 57.7 Å². The number of ether oxygens (including phenoxy) is 1. The van der Waals surface area contributed by atoms with Gasteiger partial charge in [-0.2, -0.15) is 0 Å². The van der Waals surface area contributed by atoms with E-state index in [0.29, 0.717) is 11.1 Å². The topological polar surface area (TPSA) is 65.0 Å². The zero-order chi connectivity index (χ0) is 20.8. The minimum atomic E-state index is 0. The van der Waals surface area contributed by atoms with Crippen LogP contribution in [-0.4, -0.2) is 63.4 Å². The van der Waals surface area contributed by atoms with Crippen molar-refractivity contribution in [1.82, 2.24) is 15.6 Å². The fourth-order valence-corrected chi connectivity index (χ4v) is 4.26. The molecule has 0 spiro atoms. The third-order valence-electron chi connectivity index (χ3n) is 5.58. The summed E-state index contributed by atoms with van der Waals surface area (Å²) in [4.78, 5) is 13.5. The van der Waals surface area contributed by atoms with Crippen LogP contribution in [0.5, 0.6) is 0 Å². The van der Waals surface area contributed by atoms with Gasteiger partial charge in [0.1, 0.15) is 5.82 Å². The lowest BCUT2D eigenvalue weighted by molar-refractivity contribution is 0.122. The second-order valence-corrected chi connectivity index (χ2v) is 7.95. The molecule has 7 nitrogen and oxygen atoms in total. The summed E-state index contributed by atoms with van der Waals surface area (Å²) in [6.45, 7) is 5.91. The zero-order valence-corrected chi connectivity index (χ0v) is 20.8. The Kier molecular flexibility index (Phi) is 9.03. The van der Waals surface area contributed by atoms with Crippen molar-refractivity contribution in [1.29, 1.82) is 0 Å². The lowest BCUT2D eigenvalue weighted by atomic mass is 10.1. The summed E-state index contributed by atoms with van der Waals surface area (Å²) in [6, 6.07) is 12.6. The van der Waals surface area contributed by atoms with Crippen molar-refractivity contribution in [2.45, 2.75) is 19.0 Å². The predicted octanol–water partition coefficient (Wildman–Crippen LogP) is 3.13. The van der Waals surface area contributed by atoms with Crippen molar-refractivity contribution in [2.75, 3.05) is 56.2 Å². The average molecular weight is 557 g/mol. The van der Waals surface area contributed by atoms with Gasteiger partial charge in [0.2, 0.25) is 0 Å². The van der Waals surface area contributed by atoms with E-state index in [0.717, 1.165) is 64.1 Å². The molecule has 2 saturated heterocycles. The first kappa shape index (κ1) is 23.9. The number of anilines is 2. The van der Waals surface area contributed by atoms with Crippen LogP contribution in [0, 0.1) is 0 Å². The molecule has 1 unspecified atom stereocenters. The van der Waals surface area contributed by atoms with Gasteiger partial charge in [0.05, 0.1) is 18.2 Å². The molecule has 168 valence electrons. The molecule has 4 rings (SSSR count). The van der Waals surface area contributed by atoms with Crippen molar-refractivity contribution >= 4 is 53.0 Å².